The lowest BCUT2D eigenvalue weighted by molar-refractivity contribution is 0.240. The van der Waals surface area contributed by atoms with Crippen molar-refractivity contribution in [3.63, 3.8) is 0 Å². The first kappa shape index (κ1) is 11.5. The molecule has 1 aromatic rings. The first-order valence-corrected chi connectivity index (χ1v) is 6.19. The summed E-state index contributed by atoms with van der Waals surface area (Å²) < 4.78 is 13.2. The van der Waals surface area contributed by atoms with Gasteiger partial charge in [0.1, 0.15) is 5.82 Å². The predicted molar refractivity (Wildman–Crippen MR) is 66.9 cm³/mol. The summed E-state index contributed by atoms with van der Waals surface area (Å²) in [7, 11) is 2.08. The number of carbonyl (C=O) groups excluding carboxylic acids is 1. The average molecular weight is 249 g/mol. The lowest BCUT2D eigenvalue weighted by Crippen LogP contribution is -2.41. The van der Waals surface area contributed by atoms with E-state index in [4.69, 9.17) is 0 Å². The SMILES string of the molecule is CN1CCC(C2NC(=O)Nc3cc(F)ccc32)C1. The van der Waals surface area contributed by atoms with Crippen LogP contribution in [0, 0.1) is 11.7 Å². The van der Waals surface area contributed by atoms with Gasteiger partial charge < -0.3 is 15.5 Å². The lowest BCUT2D eigenvalue weighted by atomic mass is 9.90. The molecule has 2 aliphatic rings. The molecule has 1 fully saturated rings. The van der Waals surface area contributed by atoms with Gasteiger partial charge in [0.2, 0.25) is 0 Å². The van der Waals surface area contributed by atoms with Crippen molar-refractivity contribution < 1.29 is 9.18 Å². The standard InChI is InChI=1S/C13H16FN3O/c1-17-5-4-8(7-17)12-10-3-2-9(14)6-11(10)15-13(18)16-12/h2-3,6,8,12H,4-5,7H2,1H3,(H2,15,16,18). The first-order valence-electron chi connectivity index (χ1n) is 6.19. The topological polar surface area (TPSA) is 44.4 Å². The zero-order valence-electron chi connectivity index (χ0n) is 10.2. The largest absolute Gasteiger partial charge is 0.331 e. The minimum absolute atomic E-state index is 0.0145. The molecule has 96 valence electrons. The van der Waals surface area contributed by atoms with Gasteiger partial charge in [-0.15, -0.1) is 0 Å². The van der Waals surface area contributed by atoms with Gasteiger partial charge in [-0.05, 0) is 43.6 Å². The van der Waals surface area contributed by atoms with Crippen molar-refractivity contribution in [2.45, 2.75) is 12.5 Å². The number of halogens is 1. The molecule has 18 heavy (non-hydrogen) atoms. The number of likely N-dealkylation sites (tertiary alicyclic amines) is 1. The Kier molecular flexibility index (Phi) is 2.70. The third-order valence-corrected chi connectivity index (χ3v) is 3.78. The molecule has 1 saturated heterocycles. The van der Waals surface area contributed by atoms with E-state index in [1.54, 1.807) is 6.07 Å². The van der Waals surface area contributed by atoms with Gasteiger partial charge >= 0.3 is 6.03 Å². The van der Waals surface area contributed by atoms with E-state index in [0.29, 0.717) is 11.6 Å². The normalized spacial score (nSPS) is 27.6. The van der Waals surface area contributed by atoms with Crippen LogP contribution in [0.2, 0.25) is 0 Å². The summed E-state index contributed by atoms with van der Waals surface area (Å²) in [6.07, 6.45) is 1.05. The highest BCUT2D eigenvalue weighted by molar-refractivity contribution is 5.93. The van der Waals surface area contributed by atoms with Crippen LogP contribution in [0.5, 0.6) is 0 Å². The smallest absolute Gasteiger partial charge is 0.319 e. The Labute approximate surface area is 105 Å². The molecule has 4 nitrogen and oxygen atoms in total. The molecule has 2 amide bonds. The van der Waals surface area contributed by atoms with E-state index in [9.17, 15) is 9.18 Å². The minimum atomic E-state index is -0.321. The Morgan fingerprint density at radius 3 is 3.00 bits per heavy atom. The number of anilines is 1. The second kappa shape index (κ2) is 4.24. The number of amides is 2. The Balaban J connectivity index is 1.94. The van der Waals surface area contributed by atoms with Gasteiger partial charge in [0, 0.05) is 6.54 Å². The van der Waals surface area contributed by atoms with E-state index in [2.05, 4.69) is 22.6 Å². The maximum Gasteiger partial charge on any atom is 0.319 e. The molecule has 2 aliphatic heterocycles. The molecule has 2 N–H and O–H groups in total. The molecule has 3 rings (SSSR count). The number of nitrogens with zero attached hydrogens (tertiary/aromatic N) is 1. The van der Waals surface area contributed by atoms with E-state index >= 15 is 0 Å². The monoisotopic (exact) mass is 249 g/mol. The van der Waals surface area contributed by atoms with Gasteiger partial charge in [-0.1, -0.05) is 6.07 Å². The lowest BCUT2D eigenvalue weighted by Gasteiger charge is -2.31. The second-order valence-corrected chi connectivity index (χ2v) is 5.12. The van der Waals surface area contributed by atoms with Gasteiger partial charge in [0.25, 0.3) is 0 Å². The maximum atomic E-state index is 13.2. The van der Waals surface area contributed by atoms with Crippen LogP contribution in [0.1, 0.15) is 18.0 Å². The van der Waals surface area contributed by atoms with Crippen molar-refractivity contribution in [1.29, 1.82) is 0 Å². The number of hydrogen-bond donors (Lipinski definition) is 2. The summed E-state index contributed by atoms with van der Waals surface area (Å²) >= 11 is 0. The zero-order chi connectivity index (χ0) is 12.7. The number of hydrogen-bond acceptors (Lipinski definition) is 2. The molecule has 5 heteroatoms. The summed E-state index contributed by atoms with van der Waals surface area (Å²) in [5, 5.41) is 5.62. The summed E-state index contributed by atoms with van der Waals surface area (Å²) in [5.74, 6) is 0.0727. The summed E-state index contributed by atoms with van der Waals surface area (Å²) in [5.41, 5.74) is 1.58. The molecule has 2 heterocycles. The number of fused-ring (bicyclic) bond motifs is 1. The van der Waals surface area contributed by atoms with Crippen molar-refractivity contribution in [1.82, 2.24) is 10.2 Å². The molecule has 0 spiro atoms. The third-order valence-electron chi connectivity index (χ3n) is 3.78. The quantitative estimate of drug-likeness (QED) is 0.799. The molecular formula is C13H16FN3O. The molecule has 0 saturated carbocycles. The van der Waals surface area contributed by atoms with Crippen LogP contribution >= 0.6 is 0 Å². The number of carbonyl (C=O) groups is 1. The third kappa shape index (κ3) is 1.95. The molecular weight excluding hydrogens is 233 g/mol. The number of rotatable bonds is 1. The Hall–Kier alpha value is -1.62. The highest BCUT2D eigenvalue weighted by atomic mass is 19.1. The fourth-order valence-corrected chi connectivity index (χ4v) is 2.90. The van der Waals surface area contributed by atoms with Gasteiger partial charge in [0.05, 0.1) is 11.7 Å². The second-order valence-electron chi connectivity index (χ2n) is 5.12. The van der Waals surface area contributed by atoms with E-state index in [0.717, 1.165) is 25.1 Å². The van der Waals surface area contributed by atoms with Crippen molar-refractivity contribution in [2.24, 2.45) is 5.92 Å². The van der Waals surface area contributed by atoms with Crippen molar-refractivity contribution in [3.05, 3.63) is 29.6 Å². The zero-order valence-corrected chi connectivity index (χ0v) is 10.2. The van der Waals surface area contributed by atoms with E-state index in [1.165, 1.54) is 12.1 Å². The molecule has 0 aliphatic carbocycles. The number of urea groups is 1. The van der Waals surface area contributed by atoms with Gasteiger partial charge in [-0.2, -0.15) is 0 Å². The van der Waals surface area contributed by atoms with Crippen molar-refractivity contribution in [3.8, 4) is 0 Å². The van der Waals surface area contributed by atoms with Crippen LogP contribution in [0.4, 0.5) is 14.9 Å². The molecule has 0 bridgehead atoms. The highest BCUT2D eigenvalue weighted by Gasteiger charge is 2.34. The van der Waals surface area contributed by atoms with Crippen LogP contribution in [0.3, 0.4) is 0 Å². The molecule has 2 atom stereocenters. The first-order chi connectivity index (χ1) is 8.63. The van der Waals surface area contributed by atoms with Crippen LogP contribution in [0.15, 0.2) is 18.2 Å². The van der Waals surface area contributed by atoms with Gasteiger partial charge in [0.15, 0.2) is 0 Å². The molecule has 1 aromatic carbocycles. The van der Waals surface area contributed by atoms with Crippen LogP contribution in [0.25, 0.3) is 0 Å². The Morgan fingerprint density at radius 1 is 1.44 bits per heavy atom. The Morgan fingerprint density at radius 2 is 2.28 bits per heavy atom. The molecule has 2 unspecified atom stereocenters. The highest BCUT2D eigenvalue weighted by Crippen LogP contribution is 2.36. The van der Waals surface area contributed by atoms with Crippen LogP contribution < -0.4 is 10.6 Å². The van der Waals surface area contributed by atoms with Crippen molar-refractivity contribution in [2.75, 3.05) is 25.5 Å². The Bertz CT molecular complexity index is 491. The number of benzene rings is 1. The minimum Gasteiger partial charge on any atom is -0.331 e. The van der Waals surface area contributed by atoms with E-state index in [1.807, 2.05) is 0 Å². The summed E-state index contributed by atoms with van der Waals surface area (Å²) in [6.45, 7) is 2.00. The summed E-state index contributed by atoms with van der Waals surface area (Å²) in [6, 6.07) is 4.34. The van der Waals surface area contributed by atoms with Crippen LogP contribution in [-0.2, 0) is 0 Å². The molecule has 0 aromatic heterocycles. The maximum absolute atomic E-state index is 13.2. The van der Waals surface area contributed by atoms with Crippen molar-refractivity contribution >= 4 is 11.7 Å². The molecule has 0 radical (unpaired) electrons. The van der Waals surface area contributed by atoms with E-state index < -0.39 is 0 Å². The number of nitrogens with one attached hydrogen (secondary N) is 2. The fourth-order valence-electron chi connectivity index (χ4n) is 2.90. The summed E-state index contributed by atoms with van der Waals surface area (Å²) in [4.78, 5) is 13.9. The van der Waals surface area contributed by atoms with Gasteiger partial charge in [-0.25, -0.2) is 9.18 Å². The average Bonchev–Trinajstić information content (AvgIpc) is 2.74. The predicted octanol–water partition coefficient (Wildman–Crippen LogP) is 1.95. The fraction of sp³-hybridized carbons (Fsp3) is 0.462. The van der Waals surface area contributed by atoms with Crippen LogP contribution in [-0.4, -0.2) is 31.1 Å². The van der Waals surface area contributed by atoms with E-state index in [-0.39, 0.29) is 17.9 Å². The van der Waals surface area contributed by atoms with Gasteiger partial charge in [-0.3, -0.25) is 0 Å².